The van der Waals surface area contributed by atoms with Crippen LogP contribution in [0.2, 0.25) is 4.34 Å². The summed E-state index contributed by atoms with van der Waals surface area (Å²) >= 11 is 8.58. The number of thiophene rings is 1. The molecule has 4 heterocycles. The van der Waals surface area contributed by atoms with Crippen LogP contribution in [0.3, 0.4) is 0 Å². The minimum Gasteiger partial charge on any atom is -0.347 e. The van der Waals surface area contributed by atoms with Crippen molar-refractivity contribution in [2.24, 2.45) is 0 Å². The number of piperazine rings is 1. The predicted molar refractivity (Wildman–Crippen MR) is 120 cm³/mol. The Morgan fingerprint density at radius 1 is 1.07 bits per heavy atom. The monoisotopic (exact) mass is 489 g/mol. The van der Waals surface area contributed by atoms with Crippen LogP contribution in [0.1, 0.15) is 6.42 Å². The average molecular weight is 490 g/mol. The third kappa shape index (κ3) is 4.97. The highest BCUT2D eigenvalue weighted by molar-refractivity contribution is 7.91. The SMILES string of the molecule is O=C(CN1CCCN(c2nccs2)CC1)N1CCN(S(=O)(=O)c2ccc(Cl)s2)CC1. The van der Waals surface area contributed by atoms with Crippen molar-refractivity contribution in [2.45, 2.75) is 10.6 Å². The molecule has 0 radical (unpaired) electrons. The lowest BCUT2D eigenvalue weighted by Crippen LogP contribution is -2.52. The summed E-state index contributed by atoms with van der Waals surface area (Å²) in [7, 11) is -3.54. The first-order valence-corrected chi connectivity index (χ1v) is 13.3. The quantitative estimate of drug-likeness (QED) is 0.638. The largest absolute Gasteiger partial charge is 0.347 e. The van der Waals surface area contributed by atoms with Crippen molar-refractivity contribution < 1.29 is 13.2 Å². The highest BCUT2D eigenvalue weighted by atomic mass is 35.5. The number of hydrogen-bond acceptors (Lipinski definition) is 8. The summed E-state index contributed by atoms with van der Waals surface area (Å²) in [4.78, 5) is 23.4. The molecule has 30 heavy (non-hydrogen) atoms. The van der Waals surface area contributed by atoms with Gasteiger partial charge in [-0.3, -0.25) is 9.69 Å². The van der Waals surface area contributed by atoms with Gasteiger partial charge in [0.1, 0.15) is 4.21 Å². The maximum atomic E-state index is 12.8. The summed E-state index contributed by atoms with van der Waals surface area (Å²) in [5, 5.41) is 3.02. The lowest BCUT2D eigenvalue weighted by molar-refractivity contribution is -0.133. The first kappa shape index (κ1) is 22.0. The van der Waals surface area contributed by atoms with Crippen molar-refractivity contribution in [1.29, 1.82) is 0 Å². The molecule has 0 spiro atoms. The molecule has 2 saturated heterocycles. The lowest BCUT2D eigenvalue weighted by atomic mass is 10.3. The molecule has 2 aromatic rings. The highest BCUT2D eigenvalue weighted by Crippen LogP contribution is 2.28. The first-order chi connectivity index (χ1) is 14.4. The molecule has 8 nitrogen and oxygen atoms in total. The normalized spacial score (nSPS) is 19.8. The lowest BCUT2D eigenvalue weighted by Gasteiger charge is -2.34. The van der Waals surface area contributed by atoms with Gasteiger partial charge in [0.05, 0.1) is 10.9 Å². The second-order valence-electron chi connectivity index (χ2n) is 7.27. The molecule has 0 aliphatic carbocycles. The number of amides is 1. The van der Waals surface area contributed by atoms with E-state index in [1.54, 1.807) is 22.3 Å². The predicted octanol–water partition coefficient (Wildman–Crippen LogP) is 1.90. The molecule has 12 heteroatoms. The molecular formula is C18H24ClN5O3S3. The van der Waals surface area contributed by atoms with Gasteiger partial charge in [-0.05, 0) is 18.6 Å². The van der Waals surface area contributed by atoms with Crippen LogP contribution in [0.15, 0.2) is 27.9 Å². The van der Waals surface area contributed by atoms with Crippen LogP contribution in [0.4, 0.5) is 5.13 Å². The zero-order chi connectivity index (χ0) is 21.1. The summed E-state index contributed by atoms with van der Waals surface area (Å²) in [6.07, 6.45) is 2.81. The van der Waals surface area contributed by atoms with Gasteiger partial charge in [-0.15, -0.1) is 22.7 Å². The maximum Gasteiger partial charge on any atom is 0.252 e. The van der Waals surface area contributed by atoms with E-state index in [1.807, 2.05) is 11.6 Å². The van der Waals surface area contributed by atoms with Crippen molar-refractivity contribution >= 4 is 55.3 Å². The number of anilines is 1. The fourth-order valence-electron chi connectivity index (χ4n) is 3.73. The van der Waals surface area contributed by atoms with Gasteiger partial charge in [-0.25, -0.2) is 13.4 Å². The second kappa shape index (κ2) is 9.49. The number of nitrogens with zero attached hydrogens (tertiary/aromatic N) is 5. The van der Waals surface area contributed by atoms with Crippen LogP contribution in [0.25, 0.3) is 0 Å². The van der Waals surface area contributed by atoms with Crippen molar-refractivity contribution in [2.75, 3.05) is 63.8 Å². The molecule has 2 fully saturated rings. The van der Waals surface area contributed by atoms with Crippen molar-refractivity contribution in [3.8, 4) is 0 Å². The minimum absolute atomic E-state index is 0.0638. The Morgan fingerprint density at radius 2 is 1.87 bits per heavy atom. The Hall–Kier alpha value is -1.24. The summed E-state index contributed by atoms with van der Waals surface area (Å²) in [5.41, 5.74) is 0. The number of halogens is 1. The molecule has 0 unspecified atom stereocenters. The van der Waals surface area contributed by atoms with E-state index in [-0.39, 0.29) is 10.1 Å². The van der Waals surface area contributed by atoms with E-state index in [4.69, 9.17) is 11.6 Å². The number of rotatable bonds is 5. The van der Waals surface area contributed by atoms with Crippen LogP contribution < -0.4 is 4.90 Å². The molecule has 0 bridgehead atoms. The van der Waals surface area contributed by atoms with Gasteiger partial charge in [0.2, 0.25) is 5.91 Å². The fourth-order valence-corrected chi connectivity index (χ4v) is 7.48. The Bertz CT molecular complexity index is 958. The number of carbonyl (C=O) groups is 1. The van der Waals surface area contributed by atoms with Crippen molar-refractivity contribution in [3.05, 3.63) is 28.0 Å². The van der Waals surface area contributed by atoms with E-state index < -0.39 is 10.0 Å². The molecule has 2 aliphatic rings. The van der Waals surface area contributed by atoms with Gasteiger partial charge in [0.15, 0.2) is 5.13 Å². The Balaban J connectivity index is 1.27. The van der Waals surface area contributed by atoms with E-state index in [2.05, 4.69) is 14.8 Å². The zero-order valence-corrected chi connectivity index (χ0v) is 19.6. The Labute approximate surface area is 189 Å². The number of thiazole rings is 1. The van der Waals surface area contributed by atoms with Crippen LogP contribution in [-0.2, 0) is 14.8 Å². The minimum atomic E-state index is -3.54. The number of carbonyl (C=O) groups excluding carboxylic acids is 1. The third-order valence-corrected chi connectivity index (χ3v) is 9.80. The van der Waals surface area contributed by atoms with Gasteiger partial charge in [0, 0.05) is 63.9 Å². The number of hydrogen-bond donors (Lipinski definition) is 0. The zero-order valence-electron chi connectivity index (χ0n) is 16.4. The number of sulfonamides is 1. The molecule has 1 amide bonds. The van der Waals surface area contributed by atoms with E-state index in [1.165, 1.54) is 10.4 Å². The second-order valence-corrected chi connectivity index (χ2v) is 12.0. The van der Waals surface area contributed by atoms with E-state index >= 15 is 0 Å². The molecule has 0 atom stereocenters. The van der Waals surface area contributed by atoms with Gasteiger partial charge in [-0.2, -0.15) is 4.31 Å². The van der Waals surface area contributed by atoms with E-state index in [0.29, 0.717) is 37.1 Å². The summed E-state index contributed by atoms with van der Waals surface area (Å²) in [5.74, 6) is 0.0638. The molecule has 0 saturated carbocycles. The van der Waals surface area contributed by atoms with E-state index in [0.717, 1.165) is 49.1 Å². The topological polar surface area (TPSA) is 77.1 Å². The Morgan fingerprint density at radius 3 is 2.53 bits per heavy atom. The molecule has 4 rings (SSSR count). The summed E-state index contributed by atoms with van der Waals surface area (Å²) in [6.45, 7) is 5.31. The molecule has 2 aromatic heterocycles. The van der Waals surface area contributed by atoms with Gasteiger partial charge < -0.3 is 9.80 Å². The van der Waals surface area contributed by atoms with Crippen LogP contribution in [0.5, 0.6) is 0 Å². The summed E-state index contributed by atoms with van der Waals surface area (Å²) < 4.78 is 27.6. The first-order valence-electron chi connectivity index (χ1n) is 9.83. The molecule has 0 N–H and O–H groups in total. The van der Waals surface area contributed by atoms with Crippen LogP contribution >= 0.6 is 34.3 Å². The Kier molecular flexibility index (Phi) is 6.95. The third-order valence-electron chi connectivity index (χ3n) is 5.37. The van der Waals surface area contributed by atoms with Crippen LogP contribution in [0, 0.1) is 0 Å². The number of aromatic nitrogens is 1. The molecule has 2 aliphatic heterocycles. The average Bonchev–Trinajstić information content (AvgIpc) is 3.37. The van der Waals surface area contributed by atoms with E-state index in [9.17, 15) is 13.2 Å². The van der Waals surface area contributed by atoms with Gasteiger partial charge in [-0.1, -0.05) is 11.6 Å². The maximum absolute atomic E-state index is 12.8. The summed E-state index contributed by atoms with van der Waals surface area (Å²) in [6, 6.07) is 3.13. The standard InChI is InChI=1S/C18H24ClN5O3S3/c19-15-2-3-17(29-15)30(26,27)24-11-9-22(10-12-24)16(25)14-21-5-1-6-23(8-7-21)18-20-4-13-28-18/h2-4,13H,1,5-12,14H2. The molecule has 0 aromatic carbocycles. The van der Waals surface area contributed by atoms with Gasteiger partial charge in [0.25, 0.3) is 10.0 Å². The molecular weight excluding hydrogens is 466 g/mol. The molecule has 164 valence electrons. The van der Waals surface area contributed by atoms with Crippen molar-refractivity contribution in [3.63, 3.8) is 0 Å². The smallest absolute Gasteiger partial charge is 0.252 e. The van der Waals surface area contributed by atoms with Crippen LogP contribution in [-0.4, -0.2) is 92.3 Å². The van der Waals surface area contributed by atoms with Crippen molar-refractivity contribution in [1.82, 2.24) is 19.1 Å². The highest BCUT2D eigenvalue weighted by Gasteiger charge is 2.31. The fraction of sp³-hybridized carbons (Fsp3) is 0.556. The van der Waals surface area contributed by atoms with Gasteiger partial charge >= 0.3 is 0 Å².